The Kier molecular flexibility index (Phi) is 3.14. The van der Waals surface area contributed by atoms with Crippen molar-refractivity contribution < 1.29 is 0 Å². The number of aromatic nitrogens is 2. The summed E-state index contributed by atoms with van der Waals surface area (Å²) in [6, 6.07) is 5.78. The topological polar surface area (TPSA) is 55.9 Å². The zero-order valence-corrected chi connectivity index (χ0v) is 10.5. The molecule has 0 radical (unpaired) electrons. The van der Waals surface area contributed by atoms with Crippen LogP contribution >= 0.6 is 15.9 Å². The van der Waals surface area contributed by atoms with Gasteiger partial charge >= 0.3 is 0 Å². The van der Waals surface area contributed by atoms with Crippen LogP contribution in [0.2, 0.25) is 0 Å². The highest BCUT2D eigenvalue weighted by Gasteiger charge is 2.02. The number of nitrogens with zero attached hydrogens (tertiary/aromatic N) is 2. The lowest BCUT2D eigenvalue weighted by Crippen LogP contribution is -2.07. The first-order chi connectivity index (χ1) is 7.66. The van der Waals surface area contributed by atoms with Gasteiger partial charge in [-0.3, -0.25) is 0 Å². The van der Waals surface area contributed by atoms with Crippen molar-refractivity contribution in [3.63, 3.8) is 0 Å². The van der Waals surface area contributed by atoms with Crippen LogP contribution in [0.4, 0.5) is 11.4 Å². The van der Waals surface area contributed by atoms with E-state index in [0.717, 1.165) is 21.7 Å². The van der Waals surface area contributed by atoms with Crippen LogP contribution < -0.4 is 11.1 Å². The molecule has 0 saturated heterocycles. The van der Waals surface area contributed by atoms with Gasteiger partial charge < -0.3 is 15.6 Å². The molecule has 0 aliphatic rings. The Labute approximate surface area is 103 Å². The highest BCUT2D eigenvalue weighted by atomic mass is 79.9. The minimum absolute atomic E-state index is 0.662. The number of imidazole rings is 1. The van der Waals surface area contributed by atoms with E-state index in [1.165, 1.54) is 0 Å². The van der Waals surface area contributed by atoms with Crippen LogP contribution in [0.1, 0.15) is 5.82 Å². The van der Waals surface area contributed by atoms with Gasteiger partial charge in [0.2, 0.25) is 0 Å². The molecule has 4 nitrogen and oxygen atoms in total. The fraction of sp³-hybridized carbons (Fsp3) is 0.182. The highest BCUT2D eigenvalue weighted by molar-refractivity contribution is 9.10. The summed E-state index contributed by atoms with van der Waals surface area (Å²) in [6.07, 6.45) is 3.70. The van der Waals surface area contributed by atoms with Gasteiger partial charge in [-0.15, -0.1) is 0 Å². The molecule has 0 saturated carbocycles. The van der Waals surface area contributed by atoms with Crippen molar-refractivity contribution in [3.05, 3.63) is 40.9 Å². The molecular formula is C11H13BrN4. The average molecular weight is 281 g/mol. The fourth-order valence-corrected chi connectivity index (χ4v) is 1.81. The van der Waals surface area contributed by atoms with Crippen LogP contribution in [0.5, 0.6) is 0 Å². The van der Waals surface area contributed by atoms with Gasteiger partial charge in [0, 0.05) is 23.9 Å². The van der Waals surface area contributed by atoms with Crippen molar-refractivity contribution in [2.24, 2.45) is 7.05 Å². The van der Waals surface area contributed by atoms with E-state index < -0.39 is 0 Å². The molecule has 2 aromatic rings. The van der Waals surface area contributed by atoms with E-state index >= 15 is 0 Å². The smallest absolute Gasteiger partial charge is 0.127 e. The normalized spacial score (nSPS) is 10.4. The maximum absolute atomic E-state index is 5.88. The quantitative estimate of drug-likeness (QED) is 0.849. The predicted molar refractivity (Wildman–Crippen MR) is 69.1 cm³/mol. The number of anilines is 2. The monoisotopic (exact) mass is 280 g/mol. The van der Waals surface area contributed by atoms with E-state index in [1.807, 2.05) is 36.0 Å². The van der Waals surface area contributed by atoms with Gasteiger partial charge in [-0.25, -0.2) is 4.98 Å². The van der Waals surface area contributed by atoms with Crippen molar-refractivity contribution in [2.45, 2.75) is 6.54 Å². The fourth-order valence-electron chi connectivity index (χ4n) is 1.44. The van der Waals surface area contributed by atoms with Crippen molar-refractivity contribution in [1.82, 2.24) is 9.55 Å². The minimum Gasteiger partial charge on any atom is -0.397 e. The highest BCUT2D eigenvalue weighted by Crippen LogP contribution is 2.23. The summed E-state index contributed by atoms with van der Waals surface area (Å²) in [5, 5.41) is 3.25. The molecule has 0 aliphatic heterocycles. The predicted octanol–water partition coefficient (Wildman–Crippen LogP) is 2.38. The third kappa shape index (κ3) is 2.36. The minimum atomic E-state index is 0.662. The number of rotatable bonds is 3. The van der Waals surface area contributed by atoms with Gasteiger partial charge in [0.15, 0.2) is 0 Å². The molecule has 0 atom stereocenters. The standard InChI is InChI=1S/C11H13BrN4/c1-16-5-4-14-11(16)7-15-10-3-2-8(12)6-9(10)13/h2-6,15H,7,13H2,1H3. The van der Waals surface area contributed by atoms with Gasteiger partial charge in [0.1, 0.15) is 5.82 Å². The van der Waals surface area contributed by atoms with E-state index in [9.17, 15) is 0 Å². The Morgan fingerprint density at radius 3 is 2.94 bits per heavy atom. The van der Waals surface area contributed by atoms with Crippen molar-refractivity contribution >= 4 is 27.3 Å². The second kappa shape index (κ2) is 4.57. The van der Waals surface area contributed by atoms with Gasteiger partial charge in [-0.1, -0.05) is 15.9 Å². The molecule has 0 bridgehead atoms. The summed E-state index contributed by atoms with van der Waals surface area (Å²) in [7, 11) is 1.97. The van der Waals surface area contributed by atoms with E-state index in [1.54, 1.807) is 6.20 Å². The van der Waals surface area contributed by atoms with Crippen LogP contribution in [0.3, 0.4) is 0 Å². The number of hydrogen-bond acceptors (Lipinski definition) is 3. The second-order valence-electron chi connectivity index (χ2n) is 3.54. The summed E-state index contributed by atoms with van der Waals surface area (Å²) < 4.78 is 2.95. The van der Waals surface area contributed by atoms with Crippen LogP contribution in [0, 0.1) is 0 Å². The molecule has 3 N–H and O–H groups in total. The summed E-state index contributed by atoms with van der Waals surface area (Å²) in [6.45, 7) is 0.662. The lowest BCUT2D eigenvalue weighted by molar-refractivity contribution is 0.813. The molecule has 2 rings (SSSR count). The number of nitrogen functional groups attached to an aromatic ring is 1. The summed E-state index contributed by atoms with van der Waals surface area (Å²) in [4.78, 5) is 4.23. The SMILES string of the molecule is Cn1ccnc1CNc1ccc(Br)cc1N. The third-order valence-electron chi connectivity index (χ3n) is 2.37. The zero-order chi connectivity index (χ0) is 11.5. The third-order valence-corrected chi connectivity index (χ3v) is 2.86. The molecular weight excluding hydrogens is 268 g/mol. The number of hydrogen-bond donors (Lipinski definition) is 2. The number of halogens is 1. The average Bonchev–Trinajstić information content (AvgIpc) is 2.63. The first kappa shape index (κ1) is 11.0. The largest absolute Gasteiger partial charge is 0.397 e. The van der Waals surface area contributed by atoms with Gasteiger partial charge in [0.05, 0.1) is 17.9 Å². The molecule has 1 aromatic heterocycles. The summed E-state index contributed by atoms with van der Waals surface area (Å²) in [5.41, 5.74) is 7.53. The molecule has 0 aliphatic carbocycles. The Morgan fingerprint density at radius 1 is 1.50 bits per heavy atom. The van der Waals surface area contributed by atoms with E-state index in [2.05, 4.69) is 26.2 Å². The second-order valence-corrected chi connectivity index (χ2v) is 4.46. The molecule has 0 fully saturated rings. The van der Waals surface area contributed by atoms with E-state index in [0.29, 0.717) is 6.54 Å². The Hall–Kier alpha value is -1.49. The summed E-state index contributed by atoms with van der Waals surface area (Å²) >= 11 is 3.37. The van der Waals surface area contributed by atoms with Gasteiger partial charge in [0.25, 0.3) is 0 Å². The van der Waals surface area contributed by atoms with Crippen LogP contribution in [-0.2, 0) is 13.6 Å². The van der Waals surface area contributed by atoms with Gasteiger partial charge in [-0.2, -0.15) is 0 Å². The summed E-state index contributed by atoms with van der Waals surface area (Å²) in [5.74, 6) is 0.974. The zero-order valence-electron chi connectivity index (χ0n) is 8.94. The van der Waals surface area contributed by atoms with Crippen molar-refractivity contribution in [2.75, 3.05) is 11.1 Å². The Morgan fingerprint density at radius 2 is 2.31 bits per heavy atom. The molecule has 1 aromatic carbocycles. The molecule has 1 heterocycles. The number of nitrogens with one attached hydrogen (secondary N) is 1. The van der Waals surface area contributed by atoms with Crippen LogP contribution in [0.25, 0.3) is 0 Å². The maximum atomic E-state index is 5.88. The van der Waals surface area contributed by atoms with Crippen LogP contribution in [0.15, 0.2) is 35.1 Å². The molecule has 0 amide bonds. The first-order valence-corrected chi connectivity index (χ1v) is 5.71. The molecule has 0 unspecified atom stereocenters. The Bertz CT molecular complexity index is 492. The lowest BCUT2D eigenvalue weighted by atomic mass is 10.2. The van der Waals surface area contributed by atoms with Crippen molar-refractivity contribution in [3.8, 4) is 0 Å². The molecule has 5 heteroatoms. The number of benzene rings is 1. The molecule has 0 spiro atoms. The van der Waals surface area contributed by atoms with E-state index in [4.69, 9.17) is 5.73 Å². The number of aryl methyl sites for hydroxylation is 1. The first-order valence-electron chi connectivity index (χ1n) is 4.92. The molecule has 84 valence electrons. The van der Waals surface area contributed by atoms with Crippen molar-refractivity contribution in [1.29, 1.82) is 0 Å². The molecule has 16 heavy (non-hydrogen) atoms. The van der Waals surface area contributed by atoms with Gasteiger partial charge in [-0.05, 0) is 18.2 Å². The van der Waals surface area contributed by atoms with E-state index in [-0.39, 0.29) is 0 Å². The Balaban J connectivity index is 2.08. The number of nitrogens with two attached hydrogens (primary N) is 1. The lowest BCUT2D eigenvalue weighted by Gasteiger charge is -2.09. The maximum Gasteiger partial charge on any atom is 0.127 e. The van der Waals surface area contributed by atoms with Crippen LogP contribution in [-0.4, -0.2) is 9.55 Å².